The minimum atomic E-state index is -0.646. The molecule has 0 aromatic heterocycles. The Balaban J connectivity index is 1.27. The molecule has 0 radical (unpaired) electrons. The lowest BCUT2D eigenvalue weighted by Crippen LogP contribution is -2.28. The molecule has 0 aliphatic rings. The molecule has 66 heavy (non-hydrogen) atoms. The number of benzene rings is 9. The Kier molecular flexibility index (Phi) is 13.8. The monoisotopic (exact) mass is 998 g/mol. The van der Waals surface area contributed by atoms with Gasteiger partial charge in [-0.05, 0) is 165 Å². The van der Waals surface area contributed by atoms with E-state index in [1.807, 2.05) is 72.8 Å². The Morgan fingerprint density at radius 2 is 0.394 bits per heavy atom. The molecule has 0 N–H and O–H groups in total. The molecule has 0 atom stereocenters. The maximum Gasteiger partial charge on any atom is 0.0423 e. The predicted octanol–water partition coefficient (Wildman–Crippen LogP) is 17.4. The molecule has 0 heterocycles. The zero-order valence-corrected chi connectivity index (χ0v) is 43.2. The quantitative estimate of drug-likeness (QED) is 0.0486. The summed E-state index contributed by atoms with van der Waals surface area (Å²) in [7, 11) is 0. The molecular formula is C58H46S8. The van der Waals surface area contributed by atoms with E-state index in [9.17, 15) is 0 Å². The highest BCUT2D eigenvalue weighted by Gasteiger charge is 2.36. The fourth-order valence-electron chi connectivity index (χ4n) is 9.19. The highest BCUT2D eigenvalue weighted by Crippen LogP contribution is 2.48. The Hall–Kier alpha value is -4.22. The van der Waals surface area contributed by atoms with Crippen LogP contribution in [-0.2, 0) is 10.8 Å². The van der Waals surface area contributed by atoms with E-state index in [0.717, 1.165) is 117 Å². The SMILES string of the molecule is CC(c1ccc(C(C)(c2ccc(S)c(-c3ccccc3S)c2)c2ccc(S)c(-c3ccccc3S)c2)cc1)(c1ccc(S)c(-c2ccccc2S)c1)c1ccc(S)c(-c2ccccc2S)c1. The molecule has 9 rings (SSSR count). The smallest absolute Gasteiger partial charge is 0.0423 e. The fraction of sp³-hybridized carbons (Fsp3) is 0.0690. The van der Waals surface area contributed by atoms with Crippen molar-refractivity contribution in [3.8, 4) is 44.5 Å². The maximum atomic E-state index is 4.99. The Bertz CT molecular complexity index is 2870. The minimum Gasteiger partial charge on any atom is -0.143 e. The first kappa shape index (κ1) is 46.9. The molecule has 326 valence electrons. The van der Waals surface area contributed by atoms with Crippen LogP contribution in [0.2, 0.25) is 0 Å². The van der Waals surface area contributed by atoms with Crippen LogP contribution in [0, 0.1) is 0 Å². The van der Waals surface area contributed by atoms with Gasteiger partial charge in [-0.15, -0.1) is 101 Å². The summed E-state index contributed by atoms with van der Waals surface area (Å²) in [6.45, 7) is 4.63. The molecule has 0 aliphatic carbocycles. The number of hydrogen-bond donors (Lipinski definition) is 8. The van der Waals surface area contributed by atoms with Gasteiger partial charge in [-0.25, -0.2) is 0 Å². The molecule has 0 aliphatic heterocycles. The van der Waals surface area contributed by atoms with Crippen LogP contribution in [-0.4, -0.2) is 0 Å². The second kappa shape index (κ2) is 19.4. The molecule has 0 nitrogen and oxygen atoms in total. The summed E-state index contributed by atoms with van der Waals surface area (Å²) in [5.41, 5.74) is 13.5. The van der Waals surface area contributed by atoms with Gasteiger partial charge in [0.2, 0.25) is 0 Å². The van der Waals surface area contributed by atoms with Gasteiger partial charge in [0.1, 0.15) is 0 Å². The molecule has 0 bridgehead atoms. The van der Waals surface area contributed by atoms with Crippen molar-refractivity contribution in [1.29, 1.82) is 0 Å². The van der Waals surface area contributed by atoms with Crippen LogP contribution >= 0.6 is 101 Å². The van der Waals surface area contributed by atoms with Gasteiger partial charge in [0, 0.05) is 50.0 Å². The van der Waals surface area contributed by atoms with Crippen molar-refractivity contribution in [2.75, 3.05) is 0 Å². The lowest BCUT2D eigenvalue weighted by Gasteiger charge is -2.36. The van der Waals surface area contributed by atoms with Crippen molar-refractivity contribution in [3.63, 3.8) is 0 Å². The van der Waals surface area contributed by atoms with E-state index in [0.29, 0.717) is 0 Å². The van der Waals surface area contributed by atoms with Crippen molar-refractivity contribution >= 4 is 101 Å². The Morgan fingerprint density at radius 3 is 0.606 bits per heavy atom. The van der Waals surface area contributed by atoms with Crippen molar-refractivity contribution in [2.24, 2.45) is 0 Å². The van der Waals surface area contributed by atoms with E-state index < -0.39 is 10.8 Å². The molecule has 8 heteroatoms. The second-order valence-electron chi connectivity index (χ2n) is 16.8. The first-order valence-electron chi connectivity index (χ1n) is 21.4. The van der Waals surface area contributed by atoms with E-state index in [4.69, 9.17) is 101 Å². The molecule has 9 aromatic carbocycles. The van der Waals surface area contributed by atoms with Gasteiger partial charge in [0.25, 0.3) is 0 Å². The molecule has 0 amide bonds. The van der Waals surface area contributed by atoms with Gasteiger partial charge in [-0.1, -0.05) is 121 Å². The third kappa shape index (κ3) is 8.73. The first-order chi connectivity index (χ1) is 31.8. The Morgan fingerprint density at radius 1 is 0.212 bits per heavy atom. The summed E-state index contributed by atoms with van der Waals surface area (Å²) in [5.74, 6) is 0. The average Bonchev–Trinajstić information content (AvgIpc) is 3.33. The van der Waals surface area contributed by atoms with E-state index in [-0.39, 0.29) is 0 Å². The molecule has 0 fully saturated rings. The van der Waals surface area contributed by atoms with Crippen LogP contribution in [0.25, 0.3) is 44.5 Å². The third-order valence-electron chi connectivity index (χ3n) is 13.1. The highest BCUT2D eigenvalue weighted by molar-refractivity contribution is 7.81. The summed E-state index contributed by atoms with van der Waals surface area (Å²) in [4.78, 5) is 7.07. The molecule has 0 spiro atoms. The van der Waals surface area contributed by atoms with Gasteiger partial charge in [-0.2, -0.15) is 0 Å². The van der Waals surface area contributed by atoms with Gasteiger partial charge >= 0.3 is 0 Å². The van der Waals surface area contributed by atoms with Gasteiger partial charge in [0.05, 0.1) is 0 Å². The maximum absolute atomic E-state index is 4.99. The summed E-state index contributed by atoms with van der Waals surface area (Å²) in [6, 6.07) is 68.2. The highest BCUT2D eigenvalue weighted by atomic mass is 32.1. The molecule has 0 saturated carbocycles. The van der Waals surface area contributed by atoms with E-state index in [2.05, 4.69) is 135 Å². The topological polar surface area (TPSA) is 0 Å². The van der Waals surface area contributed by atoms with Crippen LogP contribution < -0.4 is 0 Å². The van der Waals surface area contributed by atoms with Gasteiger partial charge in [0.15, 0.2) is 0 Å². The van der Waals surface area contributed by atoms with Crippen LogP contribution in [0.15, 0.2) is 233 Å². The normalized spacial score (nSPS) is 11.8. The fourth-order valence-corrected chi connectivity index (χ4v) is 11.4. The largest absolute Gasteiger partial charge is 0.143 e. The van der Waals surface area contributed by atoms with Crippen molar-refractivity contribution < 1.29 is 0 Å². The predicted molar refractivity (Wildman–Crippen MR) is 303 cm³/mol. The number of rotatable bonds is 10. The van der Waals surface area contributed by atoms with Crippen LogP contribution in [0.3, 0.4) is 0 Å². The standard InChI is InChI=1S/C58H46S8/c1-57(37-23-27-53(63)45(31-37)41-11-3-7-15-49(41)59,38-24-28-54(64)46(32-38)42-12-4-8-16-50(42)60)35-19-21-36(22-20-35)58(2,39-25-29-55(65)47(33-39)43-13-5-9-17-51(43)61)40-26-30-56(66)48(34-40)44-14-6-10-18-52(44)62/h3-34,59-66H,1-2H3. The Labute approximate surface area is 433 Å². The van der Waals surface area contributed by atoms with Crippen molar-refractivity contribution in [3.05, 3.63) is 228 Å². The van der Waals surface area contributed by atoms with Crippen LogP contribution in [0.1, 0.15) is 47.2 Å². The van der Waals surface area contributed by atoms with E-state index >= 15 is 0 Å². The first-order valence-corrected chi connectivity index (χ1v) is 24.9. The van der Waals surface area contributed by atoms with Crippen LogP contribution in [0.5, 0.6) is 0 Å². The third-order valence-corrected chi connectivity index (χ3v) is 16.2. The summed E-state index contributed by atoms with van der Waals surface area (Å²) in [5, 5.41) is 0. The summed E-state index contributed by atoms with van der Waals surface area (Å²) in [6.07, 6.45) is 0. The van der Waals surface area contributed by atoms with E-state index in [1.165, 1.54) is 0 Å². The number of hydrogen-bond acceptors (Lipinski definition) is 8. The molecule has 9 aromatic rings. The summed E-state index contributed by atoms with van der Waals surface area (Å²) < 4.78 is 0. The average molecular weight is 1000 g/mol. The molecule has 0 unspecified atom stereocenters. The van der Waals surface area contributed by atoms with E-state index in [1.54, 1.807) is 0 Å². The van der Waals surface area contributed by atoms with Crippen LogP contribution in [0.4, 0.5) is 0 Å². The van der Waals surface area contributed by atoms with Crippen molar-refractivity contribution in [2.45, 2.75) is 63.8 Å². The second-order valence-corrected chi connectivity index (χ2v) is 20.7. The van der Waals surface area contributed by atoms with Crippen molar-refractivity contribution in [1.82, 2.24) is 0 Å². The zero-order chi connectivity index (χ0) is 46.3. The number of thiol groups is 8. The molecular weight excluding hydrogens is 953 g/mol. The lowest BCUT2D eigenvalue weighted by atomic mass is 9.67. The van der Waals surface area contributed by atoms with Gasteiger partial charge in [-0.3, -0.25) is 0 Å². The minimum absolute atomic E-state index is 0.646. The zero-order valence-electron chi connectivity index (χ0n) is 36.1. The molecule has 0 saturated heterocycles. The van der Waals surface area contributed by atoms with Gasteiger partial charge < -0.3 is 0 Å². The summed E-state index contributed by atoms with van der Waals surface area (Å²) >= 11 is 39.5. The lowest BCUT2D eigenvalue weighted by molar-refractivity contribution is 0.676.